The van der Waals surface area contributed by atoms with Crippen molar-refractivity contribution in [3.05, 3.63) is 0 Å². The minimum atomic E-state index is -0.493. The summed E-state index contributed by atoms with van der Waals surface area (Å²) in [6.45, 7) is 6.83. The van der Waals surface area contributed by atoms with Gasteiger partial charge in [-0.1, -0.05) is 20.8 Å². The van der Waals surface area contributed by atoms with Gasteiger partial charge in [0.25, 0.3) is 0 Å². The van der Waals surface area contributed by atoms with E-state index >= 15 is 0 Å². The van der Waals surface area contributed by atoms with Gasteiger partial charge in [0.2, 0.25) is 0 Å². The summed E-state index contributed by atoms with van der Waals surface area (Å²) < 4.78 is 11.2. The standard InChI is InChI=1S/C19H31NO5/c1-4-9-20-17(23)25-15-7-8-18(2)12-10-16(22)24-13(12)5-6-14(18)19(15,3)11-21/h12-15,21H,4-11H2,1-3H3,(H,20,23)/t12-,13-,14-,15-,18+,19+/m1/s1. The Bertz CT molecular complexity index is 538. The highest BCUT2D eigenvalue weighted by Gasteiger charge is 2.62. The molecule has 0 bridgehead atoms. The maximum absolute atomic E-state index is 12.1. The summed E-state index contributed by atoms with van der Waals surface area (Å²) in [5.41, 5.74) is -0.556. The number of esters is 1. The second-order valence-corrected chi connectivity index (χ2v) is 8.50. The first kappa shape index (κ1) is 18.5. The van der Waals surface area contributed by atoms with Gasteiger partial charge < -0.3 is 19.9 Å². The number of aliphatic hydroxyl groups excluding tert-OH is 1. The average molecular weight is 353 g/mol. The first-order valence-electron chi connectivity index (χ1n) is 9.60. The molecule has 0 unspecified atom stereocenters. The quantitative estimate of drug-likeness (QED) is 0.759. The predicted molar refractivity (Wildman–Crippen MR) is 91.8 cm³/mol. The minimum Gasteiger partial charge on any atom is -0.462 e. The Kier molecular flexibility index (Phi) is 5.02. The van der Waals surface area contributed by atoms with E-state index in [0.717, 1.165) is 25.7 Å². The molecule has 3 aliphatic rings. The van der Waals surface area contributed by atoms with E-state index in [1.54, 1.807) is 0 Å². The Morgan fingerprint density at radius 2 is 2.12 bits per heavy atom. The maximum Gasteiger partial charge on any atom is 0.407 e. The van der Waals surface area contributed by atoms with Crippen molar-refractivity contribution in [2.24, 2.45) is 22.7 Å². The normalized spacial score (nSPS) is 43.0. The molecule has 3 fully saturated rings. The largest absolute Gasteiger partial charge is 0.462 e. The fourth-order valence-electron chi connectivity index (χ4n) is 5.69. The molecule has 1 heterocycles. The molecule has 1 aliphatic heterocycles. The number of fused-ring (bicyclic) bond motifs is 3. The zero-order valence-electron chi connectivity index (χ0n) is 15.5. The van der Waals surface area contributed by atoms with Crippen LogP contribution in [-0.2, 0) is 14.3 Å². The zero-order valence-corrected chi connectivity index (χ0v) is 15.5. The van der Waals surface area contributed by atoms with Crippen LogP contribution in [0.5, 0.6) is 0 Å². The van der Waals surface area contributed by atoms with E-state index in [1.807, 2.05) is 13.8 Å². The van der Waals surface area contributed by atoms with Gasteiger partial charge in [-0.3, -0.25) is 4.79 Å². The molecular weight excluding hydrogens is 322 g/mol. The molecule has 0 aromatic rings. The van der Waals surface area contributed by atoms with Crippen LogP contribution in [0.25, 0.3) is 0 Å². The Morgan fingerprint density at radius 3 is 2.80 bits per heavy atom. The molecule has 2 saturated carbocycles. The average Bonchev–Trinajstić information content (AvgIpc) is 2.97. The number of carbonyl (C=O) groups excluding carboxylic acids is 2. The van der Waals surface area contributed by atoms with Crippen molar-refractivity contribution in [2.75, 3.05) is 13.2 Å². The lowest BCUT2D eigenvalue weighted by molar-refractivity contribution is -0.175. The minimum absolute atomic E-state index is 0.0158. The molecule has 142 valence electrons. The van der Waals surface area contributed by atoms with Crippen molar-refractivity contribution < 1.29 is 24.2 Å². The van der Waals surface area contributed by atoms with Crippen LogP contribution in [0.2, 0.25) is 0 Å². The summed E-state index contributed by atoms with van der Waals surface area (Å²) in [5, 5.41) is 13.0. The Morgan fingerprint density at radius 1 is 1.36 bits per heavy atom. The highest BCUT2D eigenvalue weighted by Crippen LogP contribution is 2.62. The Balaban J connectivity index is 1.80. The first-order chi connectivity index (χ1) is 11.8. The number of hydrogen-bond donors (Lipinski definition) is 2. The summed E-state index contributed by atoms with van der Waals surface area (Å²) in [6, 6.07) is 0. The molecule has 2 N–H and O–H groups in total. The maximum atomic E-state index is 12.1. The second kappa shape index (κ2) is 6.78. The van der Waals surface area contributed by atoms with E-state index in [0.29, 0.717) is 19.4 Å². The third kappa shape index (κ3) is 3.03. The highest BCUT2D eigenvalue weighted by molar-refractivity contribution is 5.72. The van der Waals surface area contributed by atoms with Crippen molar-refractivity contribution in [1.29, 1.82) is 0 Å². The van der Waals surface area contributed by atoms with E-state index in [4.69, 9.17) is 9.47 Å². The number of rotatable bonds is 4. The van der Waals surface area contributed by atoms with E-state index in [9.17, 15) is 14.7 Å². The van der Waals surface area contributed by atoms with Crippen LogP contribution in [0.3, 0.4) is 0 Å². The van der Waals surface area contributed by atoms with Crippen LogP contribution >= 0.6 is 0 Å². The zero-order chi connectivity index (χ0) is 18.2. The lowest BCUT2D eigenvalue weighted by Gasteiger charge is -2.59. The molecule has 0 spiro atoms. The van der Waals surface area contributed by atoms with Gasteiger partial charge in [0, 0.05) is 17.9 Å². The lowest BCUT2D eigenvalue weighted by Crippen LogP contribution is -2.60. The van der Waals surface area contributed by atoms with Gasteiger partial charge >= 0.3 is 12.1 Å². The topological polar surface area (TPSA) is 84.9 Å². The predicted octanol–water partition coefficient (Wildman–Crippen LogP) is 2.63. The van der Waals surface area contributed by atoms with Gasteiger partial charge in [0.05, 0.1) is 13.0 Å². The molecule has 6 heteroatoms. The van der Waals surface area contributed by atoms with E-state index in [-0.39, 0.29) is 42.0 Å². The summed E-state index contributed by atoms with van der Waals surface area (Å²) in [4.78, 5) is 23.9. The van der Waals surface area contributed by atoms with Crippen LogP contribution in [0.4, 0.5) is 4.79 Å². The molecular formula is C19H31NO5. The van der Waals surface area contributed by atoms with Gasteiger partial charge in [-0.15, -0.1) is 0 Å². The molecule has 6 nitrogen and oxygen atoms in total. The highest BCUT2D eigenvalue weighted by atomic mass is 16.6. The summed E-state index contributed by atoms with van der Waals surface area (Å²) >= 11 is 0. The molecule has 0 aromatic heterocycles. The molecule has 1 saturated heterocycles. The fourth-order valence-corrected chi connectivity index (χ4v) is 5.69. The molecule has 2 aliphatic carbocycles. The van der Waals surface area contributed by atoms with Crippen molar-refractivity contribution >= 4 is 12.1 Å². The van der Waals surface area contributed by atoms with Gasteiger partial charge in [-0.2, -0.15) is 0 Å². The number of hydrogen-bond acceptors (Lipinski definition) is 5. The number of nitrogens with one attached hydrogen (secondary N) is 1. The first-order valence-corrected chi connectivity index (χ1v) is 9.60. The molecule has 3 rings (SSSR count). The Hall–Kier alpha value is -1.30. The molecule has 0 aromatic carbocycles. The van der Waals surface area contributed by atoms with Gasteiger partial charge in [0.1, 0.15) is 12.2 Å². The molecule has 6 atom stereocenters. The SMILES string of the molecule is CCCNC(=O)O[C@@H]1CC[C@]2(C)[C@@H](CC[C@H]3OC(=O)C[C@H]32)[C@]1(C)CO. The van der Waals surface area contributed by atoms with Gasteiger partial charge in [-0.05, 0) is 43.4 Å². The van der Waals surface area contributed by atoms with Crippen LogP contribution < -0.4 is 5.32 Å². The van der Waals surface area contributed by atoms with E-state index in [1.165, 1.54) is 0 Å². The van der Waals surface area contributed by atoms with Crippen LogP contribution in [0.1, 0.15) is 59.3 Å². The van der Waals surface area contributed by atoms with Crippen molar-refractivity contribution in [1.82, 2.24) is 5.32 Å². The Labute approximate surface area is 149 Å². The third-order valence-electron chi connectivity index (χ3n) is 7.09. The number of amides is 1. The van der Waals surface area contributed by atoms with Crippen molar-refractivity contribution in [3.8, 4) is 0 Å². The summed E-state index contributed by atoms with van der Waals surface area (Å²) in [7, 11) is 0. The third-order valence-corrected chi connectivity index (χ3v) is 7.09. The van der Waals surface area contributed by atoms with Crippen molar-refractivity contribution in [3.63, 3.8) is 0 Å². The van der Waals surface area contributed by atoms with Gasteiger partial charge in [-0.25, -0.2) is 4.79 Å². The number of carbonyl (C=O) groups is 2. The summed E-state index contributed by atoms with van der Waals surface area (Å²) in [5.74, 6) is 0.317. The molecule has 1 amide bonds. The monoisotopic (exact) mass is 353 g/mol. The summed E-state index contributed by atoms with van der Waals surface area (Å²) in [6.07, 6.45) is 3.96. The van der Waals surface area contributed by atoms with Gasteiger partial charge in [0.15, 0.2) is 0 Å². The lowest BCUT2D eigenvalue weighted by atomic mass is 9.46. The van der Waals surface area contributed by atoms with Crippen LogP contribution in [0.15, 0.2) is 0 Å². The number of alkyl carbamates (subject to hydrolysis) is 1. The van der Waals surface area contributed by atoms with E-state index in [2.05, 4.69) is 12.2 Å². The smallest absolute Gasteiger partial charge is 0.407 e. The second-order valence-electron chi connectivity index (χ2n) is 8.50. The van der Waals surface area contributed by atoms with Crippen LogP contribution in [0, 0.1) is 22.7 Å². The van der Waals surface area contributed by atoms with E-state index < -0.39 is 11.5 Å². The van der Waals surface area contributed by atoms with Crippen molar-refractivity contribution in [2.45, 2.75) is 71.5 Å². The number of aliphatic hydroxyl groups is 1. The molecule has 25 heavy (non-hydrogen) atoms. The van der Waals surface area contributed by atoms with Crippen LogP contribution in [-0.4, -0.2) is 42.5 Å². The fraction of sp³-hybridized carbons (Fsp3) is 0.895. The number of ether oxygens (including phenoxy) is 2. The molecule has 0 radical (unpaired) electrons.